The molecule has 7 heteroatoms. The molecule has 0 atom stereocenters. The molecule has 0 aliphatic carbocycles. The fraction of sp³-hybridized carbons (Fsp3) is 0.667. The van der Waals surface area contributed by atoms with E-state index in [9.17, 15) is 9.59 Å². The van der Waals surface area contributed by atoms with E-state index in [1.165, 1.54) is 0 Å². The Balaban J connectivity index is -0.000000183. The zero-order valence-electron chi connectivity index (χ0n) is 8.96. The zero-order valence-corrected chi connectivity index (χ0v) is 8.96. The Labute approximate surface area is 93.3 Å². The molecule has 0 rings (SSSR count). The van der Waals surface area contributed by atoms with Crippen molar-refractivity contribution in [3.05, 3.63) is 0 Å². The zero-order chi connectivity index (χ0) is 13.4. The molecular formula is C9H18O7. The van der Waals surface area contributed by atoms with Gasteiger partial charge in [-0.1, -0.05) is 0 Å². The maximum absolute atomic E-state index is 9.65. The molecule has 0 aromatic carbocycles. The third-order valence-corrected chi connectivity index (χ3v) is 1.10. The van der Waals surface area contributed by atoms with Crippen LogP contribution in [0.15, 0.2) is 0 Å². The van der Waals surface area contributed by atoms with Crippen LogP contribution < -0.4 is 0 Å². The first-order chi connectivity index (χ1) is 7.54. The smallest absolute Gasteiger partial charge is 0.303 e. The molecule has 0 amide bonds. The summed E-state index contributed by atoms with van der Waals surface area (Å²) in [4.78, 5) is 27.3. The van der Waals surface area contributed by atoms with Crippen LogP contribution in [0.5, 0.6) is 0 Å². The van der Waals surface area contributed by atoms with Crippen LogP contribution in [0.4, 0.5) is 0 Å². The fourth-order valence-corrected chi connectivity index (χ4v) is 0.461. The summed E-state index contributed by atoms with van der Waals surface area (Å²) in [5, 5.41) is 32.0. The van der Waals surface area contributed by atoms with Crippen molar-refractivity contribution in [3.8, 4) is 0 Å². The van der Waals surface area contributed by atoms with E-state index in [0.29, 0.717) is 12.8 Å². The summed E-state index contributed by atoms with van der Waals surface area (Å²) in [6.07, 6.45) is 0.845. The van der Waals surface area contributed by atoms with E-state index in [-0.39, 0.29) is 26.1 Å². The highest BCUT2D eigenvalue weighted by molar-refractivity contribution is 5.66. The Bertz CT molecular complexity index is 151. The number of carboxylic acid groups (broad SMARTS) is 2. The van der Waals surface area contributed by atoms with Gasteiger partial charge in [0, 0.05) is 26.1 Å². The molecule has 0 saturated carbocycles. The van der Waals surface area contributed by atoms with Crippen LogP contribution >= 0.6 is 0 Å². The maximum Gasteiger partial charge on any atom is 0.303 e. The van der Waals surface area contributed by atoms with E-state index in [2.05, 4.69) is 0 Å². The molecule has 0 heterocycles. The predicted octanol–water partition coefficient (Wildman–Crippen LogP) is -0.498. The summed E-state index contributed by atoms with van der Waals surface area (Å²) in [6.45, 7) is 1.93. The lowest BCUT2D eigenvalue weighted by atomic mass is 10.3. The van der Waals surface area contributed by atoms with Gasteiger partial charge in [0.25, 0.3) is 0 Å². The van der Waals surface area contributed by atoms with Gasteiger partial charge in [-0.25, -0.2) is 0 Å². The Morgan fingerprint density at radius 1 is 0.812 bits per heavy atom. The van der Waals surface area contributed by atoms with Crippen LogP contribution in [0.25, 0.3) is 0 Å². The van der Waals surface area contributed by atoms with Crippen molar-refractivity contribution in [1.29, 1.82) is 0 Å². The highest BCUT2D eigenvalue weighted by atomic mass is 16.4. The summed E-state index contributed by atoms with van der Waals surface area (Å²) in [5.41, 5.74) is 0. The molecule has 0 unspecified atom stereocenters. The molecule has 4 N–H and O–H groups in total. The molecule has 0 bridgehead atoms. The van der Waals surface area contributed by atoms with E-state index < -0.39 is 11.9 Å². The van der Waals surface area contributed by atoms with Gasteiger partial charge in [-0.05, 0) is 12.8 Å². The predicted molar refractivity (Wildman–Crippen MR) is 55.0 cm³/mol. The van der Waals surface area contributed by atoms with E-state index in [4.69, 9.17) is 25.2 Å². The van der Waals surface area contributed by atoms with Gasteiger partial charge < -0.3 is 25.2 Å². The van der Waals surface area contributed by atoms with E-state index in [0.717, 1.165) is 0 Å². The largest absolute Gasteiger partial charge is 0.481 e. The van der Waals surface area contributed by atoms with Crippen LogP contribution in [0.2, 0.25) is 0 Å². The molecule has 0 fully saturated rings. The van der Waals surface area contributed by atoms with Crippen molar-refractivity contribution in [2.24, 2.45) is 0 Å². The summed E-state index contributed by atoms with van der Waals surface area (Å²) in [6, 6.07) is 0. The highest BCUT2D eigenvalue weighted by Crippen LogP contribution is 1.84. The average Bonchev–Trinajstić information content (AvgIpc) is 2.27. The number of aliphatic hydroxyl groups excluding tert-OH is 2. The molecule has 0 aromatic heterocycles. The van der Waals surface area contributed by atoms with E-state index in [1.807, 2.05) is 6.79 Å². The topological polar surface area (TPSA) is 132 Å². The third-order valence-electron chi connectivity index (χ3n) is 1.10. The Kier molecular flexibility index (Phi) is 24.0. The van der Waals surface area contributed by atoms with Gasteiger partial charge in [-0.15, -0.1) is 0 Å². The van der Waals surface area contributed by atoms with Crippen LogP contribution in [0, 0.1) is 0 Å². The molecule has 7 nitrogen and oxygen atoms in total. The van der Waals surface area contributed by atoms with Gasteiger partial charge in [-0.3, -0.25) is 9.59 Å². The number of carboxylic acids is 2. The number of hydrogen-bond acceptors (Lipinski definition) is 5. The van der Waals surface area contributed by atoms with Crippen molar-refractivity contribution in [3.63, 3.8) is 0 Å². The monoisotopic (exact) mass is 238 g/mol. The minimum absolute atomic E-state index is 0.0354. The molecule has 16 heavy (non-hydrogen) atoms. The van der Waals surface area contributed by atoms with Crippen molar-refractivity contribution in [1.82, 2.24) is 0 Å². The Morgan fingerprint density at radius 2 is 1.06 bits per heavy atom. The molecule has 96 valence electrons. The molecule has 0 spiro atoms. The molecule has 0 saturated heterocycles. The van der Waals surface area contributed by atoms with Gasteiger partial charge >= 0.3 is 11.9 Å². The number of aliphatic hydroxyl groups is 2. The molecule has 0 aliphatic heterocycles. The second-order valence-corrected chi connectivity index (χ2v) is 2.44. The van der Waals surface area contributed by atoms with Crippen molar-refractivity contribution in [2.75, 3.05) is 13.2 Å². The maximum atomic E-state index is 9.65. The lowest BCUT2D eigenvalue weighted by Gasteiger charge is -1.85. The van der Waals surface area contributed by atoms with Crippen LogP contribution in [-0.4, -0.2) is 52.4 Å². The van der Waals surface area contributed by atoms with Crippen molar-refractivity contribution < 1.29 is 34.8 Å². The van der Waals surface area contributed by atoms with Crippen LogP contribution in [-0.2, 0) is 14.4 Å². The lowest BCUT2D eigenvalue weighted by molar-refractivity contribution is -0.138. The minimum atomic E-state index is -0.853. The van der Waals surface area contributed by atoms with E-state index in [1.54, 1.807) is 0 Å². The average molecular weight is 238 g/mol. The van der Waals surface area contributed by atoms with Gasteiger partial charge in [0.15, 0.2) is 0 Å². The first kappa shape index (κ1) is 20.0. The van der Waals surface area contributed by atoms with Gasteiger partial charge in [-0.2, -0.15) is 0 Å². The Hall–Kier alpha value is -1.47. The fourth-order valence-electron chi connectivity index (χ4n) is 0.461. The summed E-state index contributed by atoms with van der Waals surface area (Å²) in [7, 11) is 0. The minimum Gasteiger partial charge on any atom is -0.481 e. The number of rotatable bonds is 6. The highest BCUT2D eigenvalue weighted by Gasteiger charge is 1.92. The number of carbonyl (C=O) groups is 3. The SMILES string of the molecule is C=O.O=C(O)CCCO.O=C(O)CCCO. The standard InChI is InChI=1S/2C4H8O3.CH2O/c2*5-3-1-2-4(6)7;1-2/h2*5H,1-3H2,(H,6,7);1H2. The van der Waals surface area contributed by atoms with Gasteiger partial charge in [0.2, 0.25) is 0 Å². The summed E-state index contributed by atoms with van der Waals surface area (Å²) >= 11 is 0. The number of hydrogen-bond donors (Lipinski definition) is 4. The summed E-state index contributed by atoms with van der Waals surface area (Å²) in [5.74, 6) is -1.71. The first-order valence-corrected chi connectivity index (χ1v) is 4.48. The number of aliphatic carboxylic acids is 2. The van der Waals surface area contributed by atoms with Gasteiger partial charge in [0.1, 0.15) is 6.79 Å². The molecule has 0 radical (unpaired) electrons. The quantitative estimate of drug-likeness (QED) is 0.490. The van der Waals surface area contributed by atoms with Crippen LogP contribution in [0.3, 0.4) is 0 Å². The van der Waals surface area contributed by atoms with Crippen molar-refractivity contribution >= 4 is 18.7 Å². The molecular weight excluding hydrogens is 220 g/mol. The number of carbonyl (C=O) groups excluding carboxylic acids is 1. The summed E-state index contributed by atoms with van der Waals surface area (Å²) < 4.78 is 0. The van der Waals surface area contributed by atoms with Gasteiger partial charge in [0.05, 0.1) is 0 Å². The Morgan fingerprint density at radius 3 is 1.12 bits per heavy atom. The molecule has 0 aliphatic rings. The third kappa shape index (κ3) is 39.1. The second-order valence-electron chi connectivity index (χ2n) is 2.44. The molecule has 0 aromatic rings. The normalized spacial score (nSPS) is 7.88. The second kappa shape index (κ2) is 19.2. The van der Waals surface area contributed by atoms with Crippen molar-refractivity contribution in [2.45, 2.75) is 25.7 Å². The first-order valence-electron chi connectivity index (χ1n) is 4.48. The van der Waals surface area contributed by atoms with Crippen LogP contribution in [0.1, 0.15) is 25.7 Å². The van der Waals surface area contributed by atoms with E-state index >= 15 is 0 Å². The lowest BCUT2D eigenvalue weighted by Crippen LogP contribution is -1.95.